The molecule has 136 valence electrons. The molecule has 23 heavy (non-hydrogen) atoms. The third kappa shape index (κ3) is 6.45. The first kappa shape index (κ1) is 19.9. The molecule has 0 amide bonds. The van der Waals surface area contributed by atoms with Gasteiger partial charge in [-0.3, -0.25) is 0 Å². The summed E-state index contributed by atoms with van der Waals surface area (Å²) in [6.07, 6.45) is 14.3. The van der Waals surface area contributed by atoms with Gasteiger partial charge in [0.15, 0.2) is 0 Å². The molecule has 2 saturated carbocycles. The van der Waals surface area contributed by atoms with Crippen molar-refractivity contribution in [3.05, 3.63) is 0 Å². The summed E-state index contributed by atoms with van der Waals surface area (Å²) in [5.41, 5.74) is 0. The van der Waals surface area contributed by atoms with E-state index in [0.29, 0.717) is 12.1 Å². The van der Waals surface area contributed by atoms with Gasteiger partial charge < -0.3 is 0 Å². The minimum Gasteiger partial charge on any atom is -0.244 e. The molecule has 0 radical (unpaired) electrons. The van der Waals surface area contributed by atoms with Crippen LogP contribution in [0.4, 0.5) is 0 Å². The fourth-order valence-electron chi connectivity index (χ4n) is 4.17. The Morgan fingerprint density at radius 2 is 1.00 bits per heavy atom. The monoisotopic (exact) mass is 358 g/mol. The van der Waals surface area contributed by atoms with Crippen molar-refractivity contribution in [2.45, 2.75) is 116 Å². The molecule has 0 saturated heterocycles. The van der Waals surface area contributed by atoms with E-state index in [9.17, 15) is 0 Å². The highest BCUT2D eigenvalue weighted by Crippen LogP contribution is 2.35. The van der Waals surface area contributed by atoms with Gasteiger partial charge in [-0.15, -0.1) is 0 Å². The topological polar surface area (TPSA) is 6.48 Å². The molecule has 4 heteroatoms. The SMILES string of the molecule is CC(C)N(SCSN(C(C)C)C1CCCCC1)C1CCCCC1. The zero-order chi connectivity index (χ0) is 16.7. The van der Waals surface area contributed by atoms with Crippen LogP contribution >= 0.6 is 23.9 Å². The third-order valence-electron chi connectivity index (χ3n) is 5.29. The maximum Gasteiger partial charge on any atom is 0.0687 e. The fourth-order valence-corrected chi connectivity index (χ4v) is 6.77. The minimum absolute atomic E-state index is 0.658. The first-order valence-corrected chi connectivity index (χ1v) is 11.8. The second-order valence-corrected chi connectivity index (χ2v) is 10.2. The Kier molecular flexibility index (Phi) is 9.17. The van der Waals surface area contributed by atoms with Crippen LogP contribution in [0.5, 0.6) is 0 Å². The molecular formula is C19H38N2S2. The largest absolute Gasteiger partial charge is 0.244 e. The van der Waals surface area contributed by atoms with E-state index >= 15 is 0 Å². The van der Waals surface area contributed by atoms with E-state index in [2.05, 4.69) is 60.2 Å². The summed E-state index contributed by atoms with van der Waals surface area (Å²) >= 11 is 4.20. The molecule has 2 aliphatic rings. The van der Waals surface area contributed by atoms with Crippen LogP contribution in [0.1, 0.15) is 91.9 Å². The van der Waals surface area contributed by atoms with Crippen molar-refractivity contribution in [1.82, 2.24) is 8.61 Å². The molecule has 2 nitrogen and oxygen atoms in total. The van der Waals surface area contributed by atoms with E-state index in [1.165, 1.54) is 69.3 Å². The zero-order valence-electron chi connectivity index (χ0n) is 15.8. The summed E-state index contributed by atoms with van der Waals surface area (Å²) in [7, 11) is 0. The second kappa shape index (κ2) is 10.6. The first-order chi connectivity index (χ1) is 11.1. The molecule has 2 fully saturated rings. The van der Waals surface area contributed by atoms with Gasteiger partial charge in [0.1, 0.15) is 0 Å². The summed E-state index contributed by atoms with van der Waals surface area (Å²) in [4.78, 5) is 0. The lowest BCUT2D eigenvalue weighted by molar-refractivity contribution is 0.237. The number of rotatable bonds is 8. The highest BCUT2D eigenvalue weighted by molar-refractivity contribution is 8.13. The van der Waals surface area contributed by atoms with Crippen LogP contribution in [-0.2, 0) is 0 Å². The van der Waals surface area contributed by atoms with Crippen molar-refractivity contribution in [2.75, 3.05) is 5.08 Å². The Bertz CT molecular complexity index is 280. The summed E-state index contributed by atoms with van der Waals surface area (Å²) < 4.78 is 5.43. The maximum absolute atomic E-state index is 2.71. The van der Waals surface area contributed by atoms with Crippen LogP contribution in [0.3, 0.4) is 0 Å². The first-order valence-electron chi connectivity index (χ1n) is 9.92. The number of hydrogen-bond donors (Lipinski definition) is 0. The van der Waals surface area contributed by atoms with Crippen molar-refractivity contribution in [3.63, 3.8) is 0 Å². The molecule has 0 heterocycles. The van der Waals surface area contributed by atoms with E-state index in [-0.39, 0.29) is 0 Å². The highest BCUT2D eigenvalue weighted by atomic mass is 32.2. The summed E-state index contributed by atoms with van der Waals surface area (Å²) in [5.74, 6) is 0. The Balaban J connectivity index is 1.81. The summed E-state index contributed by atoms with van der Waals surface area (Å²) in [6.45, 7) is 9.47. The fraction of sp³-hybridized carbons (Fsp3) is 1.00. The van der Waals surface area contributed by atoms with E-state index < -0.39 is 0 Å². The Labute approximate surface area is 153 Å². The smallest absolute Gasteiger partial charge is 0.0687 e. The van der Waals surface area contributed by atoms with Gasteiger partial charge in [0.05, 0.1) is 5.08 Å². The highest BCUT2D eigenvalue weighted by Gasteiger charge is 2.26. The number of nitrogens with zero attached hydrogens (tertiary/aromatic N) is 2. The van der Waals surface area contributed by atoms with Crippen molar-refractivity contribution in [1.29, 1.82) is 0 Å². The van der Waals surface area contributed by atoms with Gasteiger partial charge in [0, 0.05) is 24.2 Å². The predicted octanol–water partition coefficient (Wildman–Crippen LogP) is 6.33. The normalized spacial score (nSPS) is 21.9. The minimum atomic E-state index is 0.658. The molecule has 0 spiro atoms. The lowest BCUT2D eigenvalue weighted by Gasteiger charge is -2.38. The van der Waals surface area contributed by atoms with Gasteiger partial charge in [-0.2, -0.15) is 0 Å². The maximum atomic E-state index is 2.71. The van der Waals surface area contributed by atoms with Gasteiger partial charge in [-0.25, -0.2) is 8.61 Å². The van der Waals surface area contributed by atoms with Crippen LogP contribution in [0.15, 0.2) is 0 Å². The molecule has 0 unspecified atom stereocenters. The van der Waals surface area contributed by atoms with Crippen molar-refractivity contribution in [3.8, 4) is 0 Å². The van der Waals surface area contributed by atoms with Crippen LogP contribution < -0.4 is 0 Å². The van der Waals surface area contributed by atoms with Crippen molar-refractivity contribution < 1.29 is 0 Å². The van der Waals surface area contributed by atoms with E-state index in [1.807, 2.05) is 0 Å². The Hall–Kier alpha value is 0.620. The molecular weight excluding hydrogens is 320 g/mol. The van der Waals surface area contributed by atoms with Crippen LogP contribution in [0, 0.1) is 0 Å². The number of hydrogen-bond acceptors (Lipinski definition) is 4. The standard InChI is InChI=1S/C19H38N2S2/c1-16(2)20(18-11-7-5-8-12-18)22-15-23-21(17(3)4)19-13-9-6-10-14-19/h16-19H,5-15H2,1-4H3. The quantitative estimate of drug-likeness (QED) is 0.369. The zero-order valence-corrected chi connectivity index (χ0v) is 17.4. The summed E-state index contributed by atoms with van der Waals surface area (Å²) in [5, 5.41) is 1.18. The van der Waals surface area contributed by atoms with Gasteiger partial charge in [-0.05, 0) is 53.4 Å². The van der Waals surface area contributed by atoms with Gasteiger partial charge >= 0.3 is 0 Å². The van der Waals surface area contributed by atoms with E-state index in [0.717, 1.165) is 12.1 Å². The average Bonchev–Trinajstić information content (AvgIpc) is 2.56. The molecule has 0 atom stereocenters. The molecule has 0 bridgehead atoms. The van der Waals surface area contributed by atoms with Crippen LogP contribution in [0.2, 0.25) is 0 Å². The van der Waals surface area contributed by atoms with Gasteiger partial charge in [-0.1, -0.05) is 62.4 Å². The second-order valence-electron chi connectivity index (χ2n) is 7.87. The molecule has 2 aliphatic carbocycles. The predicted molar refractivity (Wildman–Crippen MR) is 108 cm³/mol. The van der Waals surface area contributed by atoms with Crippen molar-refractivity contribution >= 4 is 23.9 Å². The molecule has 0 aromatic rings. The third-order valence-corrected chi connectivity index (χ3v) is 8.17. The lowest BCUT2D eigenvalue weighted by atomic mass is 9.95. The van der Waals surface area contributed by atoms with E-state index in [4.69, 9.17) is 0 Å². The van der Waals surface area contributed by atoms with Gasteiger partial charge in [0.25, 0.3) is 0 Å². The molecule has 0 aromatic heterocycles. The van der Waals surface area contributed by atoms with Gasteiger partial charge in [0.2, 0.25) is 0 Å². The Morgan fingerprint density at radius 3 is 1.30 bits per heavy atom. The molecule has 0 aromatic carbocycles. The summed E-state index contributed by atoms with van der Waals surface area (Å²) in [6, 6.07) is 2.95. The molecule has 0 N–H and O–H groups in total. The molecule has 2 rings (SSSR count). The van der Waals surface area contributed by atoms with Crippen molar-refractivity contribution in [2.24, 2.45) is 0 Å². The average molecular weight is 359 g/mol. The van der Waals surface area contributed by atoms with Crippen LogP contribution in [0.25, 0.3) is 0 Å². The Morgan fingerprint density at radius 1 is 0.652 bits per heavy atom. The molecule has 0 aliphatic heterocycles. The van der Waals surface area contributed by atoms with Crippen LogP contribution in [-0.4, -0.2) is 37.9 Å². The lowest BCUT2D eigenvalue weighted by Crippen LogP contribution is -2.38. The van der Waals surface area contributed by atoms with E-state index in [1.54, 1.807) is 0 Å².